The van der Waals surface area contributed by atoms with E-state index in [9.17, 15) is 14.7 Å². The van der Waals surface area contributed by atoms with Gasteiger partial charge < -0.3 is 10.4 Å². The van der Waals surface area contributed by atoms with E-state index in [1.165, 1.54) is 0 Å². The first-order valence-corrected chi connectivity index (χ1v) is 8.32. The van der Waals surface area contributed by atoms with Crippen molar-refractivity contribution in [3.8, 4) is 0 Å². The number of aliphatic carboxylic acids is 1. The van der Waals surface area contributed by atoms with Crippen molar-refractivity contribution in [3.05, 3.63) is 76.4 Å². The van der Waals surface area contributed by atoms with Crippen molar-refractivity contribution in [2.75, 3.05) is 0 Å². The fourth-order valence-electron chi connectivity index (χ4n) is 3.46. The molecule has 0 bridgehead atoms. The number of aryl methyl sites for hydroxylation is 1. The maximum Gasteiger partial charge on any atom is 0.330 e. The van der Waals surface area contributed by atoms with Crippen LogP contribution in [0.25, 0.3) is 6.08 Å². The summed E-state index contributed by atoms with van der Waals surface area (Å²) < 4.78 is 0. The molecule has 0 saturated carbocycles. The Kier molecular flexibility index (Phi) is 4.45. The minimum Gasteiger partial charge on any atom is -0.479 e. The van der Waals surface area contributed by atoms with Crippen molar-refractivity contribution in [2.24, 2.45) is 0 Å². The molecule has 4 heteroatoms. The molecule has 0 aromatic heterocycles. The molecule has 1 aliphatic rings. The van der Waals surface area contributed by atoms with Gasteiger partial charge in [0.25, 0.3) is 5.91 Å². The second-order valence-electron chi connectivity index (χ2n) is 6.50. The average Bonchev–Trinajstić information content (AvgIpc) is 2.96. The van der Waals surface area contributed by atoms with Crippen LogP contribution in [0.5, 0.6) is 0 Å². The third-order valence-corrected chi connectivity index (χ3v) is 4.77. The summed E-state index contributed by atoms with van der Waals surface area (Å²) in [6, 6.07) is 13.1. The number of allylic oxidation sites excluding steroid dienone is 1. The second kappa shape index (κ2) is 6.55. The van der Waals surface area contributed by atoms with Gasteiger partial charge in [-0.2, -0.15) is 0 Å². The molecule has 0 saturated heterocycles. The first kappa shape index (κ1) is 17.0. The number of carboxylic acids is 1. The number of carbonyl (C=O) groups excluding carboxylic acids is 1. The average molecular weight is 335 g/mol. The van der Waals surface area contributed by atoms with Crippen LogP contribution in [0.1, 0.15) is 39.5 Å². The van der Waals surface area contributed by atoms with Crippen LogP contribution in [0.15, 0.2) is 48.5 Å². The van der Waals surface area contributed by atoms with Crippen molar-refractivity contribution in [1.29, 1.82) is 0 Å². The normalized spacial score (nSPS) is 15.1. The van der Waals surface area contributed by atoms with Crippen LogP contribution in [-0.2, 0) is 17.6 Å². The Morgan fingerprint density at radius 2 is 1.72 bits per heavy atom. The van der Waals surface area contributed by atoms with Gasteiger partial charge >= 0.3 is 5.97 Å². The van der Waals surface area contributed by atoms with Gasteiger partial charge in [-0.05, 0) is 42.2 Å². The zero-order valence-electron chi connectivity index (χ0n) is 14.4. The molecule has 1 amide bonds. The highest BCUT2D eigenvalue weighted by atomic mass is 16.4. The maximum absolute atomic E-state index is 12.9. The van der Waals surface area contributed by atoms with Crippen molar-refractivity contribution in [3.63, 3.8) is 0 Å². The Morgan fingerprint density at radius 3 is 2.28 bits per heavy atom. The summed E-state index contributed by atoms with van der Waals surface area (Å²) in [6.45, 7) is 3.82. The van der Waals surface area contributed by atoms with Gasteiger partial charge in [0, 0.05) is 18.4 Å². The lowest BCUT2D eigenvalue weighted by Gasteiger charge is -2.26. The van der Waals surface area contributed by atoms with E-state index in [0.717, 1.165) is 22.3 Å². The van der Waals surface area contributed by atoms with Gasteiger partial charge in [-0.25, -0.2) is 4.79 Å². The molecule has 2 N–H and O–H groups in total. The molecule has 0 aliphatic heterocycles. The van der Waals surface area contributed by atoms with E-state index in [2.05, 4.69) is 5.32 Å². The number of rotatable bonds is 4. The molecule has 3 rings (SSSR count). The van der Waals surface area contributed by atoms with Gasteiger partial charge in [0.2, 0.25) is 0 Å². The number of fused-ring (bicyclic) bond motifs is 1. The summed E-state index contributed by atoms with van der Waals surface area (Å²) in [4.78, 5) is 24.9. The highest BCUT2D eigenvalue weighted by molar-refractivity contribution is 6.01. The van der Waals surface area contributed by atoms with Crippen LogP contribution >= 0.6 is 0 Å². The van der Waals surface area contributed by atoms with Crippen LogP contribution in [0.3, 0.4) is 0 Å². The third kappa shape index (κ3) is 3.07. The zero-order valence-corrected chi connectivity index (χ0v) is 14.4. The minimum absolute atomic E-state index is 0.301. The minimum atomic E-state index is -1.29. The van der Waals surface area contributed by atoms with Crippen molar-refractivity contribution in [1.82, 2.24) is 5.32 Å². The van der Waals surface area contributed by atoms with Crippen LogP contribution in [-0.4, -0.2) is 22.5 Å². The van der Waals surface area contributed by atoms with Gasteiger partial charge in [-0.15, -0.1) is 0 Å². The smallest absolute Gasteiger partial charge is 0.330 e. The van der Waals surface area contributed by atoms with Crippen molar-refractivity contribution in [2.45, 2.75) is 32.2 Å². The van der Waals surface area contributed by atoms with E-state index >= 15 is 0 Å². The highest BCUT2D eigenvalue weighted by Gasteiger charge is 2.45. The molecule has 0 unspecified atom stereocenters. The summed E-state index contributed by atoms with van der Waals surface area (Å²) in [5.74, 6) is -1.36. The van der Waals surface area contributed by atoms with Gasteiger partial charge in [0.05, 0.1) is 0 Å². The number of benzene rings is 2. The predicted octanol–water partition coefficient (Wildman–Crippen LogP) is 3.38. The Balaban J connectivity index is 1.95. The molecule has 128 valence electrons. The van der Waals surface area contributed by atoms with E-state index in [1.54, 1.807) is 6.07 Å². The van der Waals surface area contributed by atoms with Crippen LogP contribution in [0.2, 0.25) is 0 Å². The van der Waals surface area contributed by atoms with Crippen molar-refractivity contribution < 1.29 is 14.7 Å². The first-order chi connectivity index (χ1) is 12.0. The number of amides is 1. The quantitative estimate of drug-likeness (QED) is 0.900. The van der Waals surface area contributed by atoms with Gasteiger partial charge in [0.15, 0.2) is 0 Å². The van der Waals surface area contributed by atoms with Gasteiger partial charge in [-0.1, -0.05) is 48.6 Å². The number of hydrogen-bond donors (Lipinski definition) is 2. The summed E-state index contributed by atoms with van der Waals surface area (Å²) in [5, 5.41) is 12.6. The lowest BCUT2D eigenvalue weighted by molar-refractivity contribution is -0.144. The maximum atomic E-state index is 12.9. The van der Waals surface area contributed by atoms with E-state index < -0.39 is 11.5 Å². The van der Waals surface area contributed by atoms with E-state index in [4.69, 9.17) is 0 Å². The second-order valence-corrected chi connectivity index (χ2v) is 6.50. The monoisotopic (exact) mass is 335 g/mol. The molecule has 2 aromatic carbocycles. The number of hydrogen-bond acceptors (Lipinski definition) is 2. The number of nitrogens with one attached hydrogen (secondary N) is 1. The standard InChI is InChI=1S/C21H21NO3/c1-3-7-17-14(2)8-6-11-18(17)19(23)22-21(20(24)25)12-15-9-4-5-10-16(15)13-21/h3-11H,12-13H2,1-2H3,(H,22,23)(H,24,25)/b7-3-. The topological polar surface area (TPSA) is 66.4 Å². The lowest BCUT2D eigenvalue weighted by Crippen LogP contribution is -2.55. The van der Waals surface area contributed by atoms with Crippen LogP contribution < -0.4 is 5.32 Å². The van der Waals surface area contributed by atoms with Gasteiger partial charge in [-0.3, -0.25) is 4.79 Å². The number of carboxylic acid groups (broad SMARTS) is 1. The van der Waals surface area contributed by atoms with Crippen LogP contribution in [0, 0.1) is 6.92 Å². The molecule has 0 heterocycles. The molecule has 0 spiro atoms. The van der Waals surface area contributed by atoms with E-state index in [1.807, 2.05) is 62.4 Å². The Bertz CT molecular complexity index is 842. The molecule has 4 nitrogen and oxygen atoms in total. The zero-order chi connectivity index (χ0) is 18.0. The van der Waals surface area contributed by atoms with Crippen LogP contribution in [0.4, 0.5) is 0 Å². The molecule has 2 aromatic rings. The molecular formula is C21H21NO3. The largest absolute Gasteiger partial charge is 0.479 e. The molecule has 1 aliphatic carbocycles. The third-order valence-electron chi connectivity index (χ3n) is 4.77. The summed E-state index contributed by atoms with van der Waals surface area (Å²) in [6.07, 6.45) is 4.35. The Morgan fingerprint density at radius 1 is 1.08 bits per heavy atom. The van der Waals surface area contributed by atoms with Gasteiger partial charge in [0.1, 0.15) is 5.54 Å². The fourth-order valence-corrected chi connectivity index (χ4v) is 3.46. The number of carbonyl (C=O) groups is 2. The van der Waals surface area contributed by atoms with Crippen molar-refractivity contribution >= 4 is 18.0 Å². The fraction of sp³-hybridized carbons (Fsp3) is 0.238. The predicted molar refractivity (Wildman–Crippen MR) is 97.6 cm³/mol. The summed E-state index contributed by atoms with van der Waals surface area (Å²) in [7, 11) is 0. The molecule has 25 heavy (non-hydrogen) atoms. The first-order valence-electron chi connectivity index (χ1n) is 8.32. The summed E-state index contributed by atoms with van der Waals surface area (Å²) in [5.41, 5.74) is 2.95. The SMILES string of the molecule is C/C=C\c1c(C)cccc1C(=O)NC1(C(=O)O)Cc2ccccc2C1. The summed E-state index contributed by atoms with van der Waals surface area (Å²) >= 11 is 0. The molecular weight excluding hydrogens is 314 g/mol. The molecule has 0 fully saturated rings. The molecule has 0 radical (unpaired) electrons. The Hall–Kier alpha value is -2.88. The van der Waals surface area contributed by atoms with E-state index in [-0.39, 0.29) is 5.91 Å². The lowest BCUT2D eigenvalue weighted by atomic mass is 9.94. The Labute approximate surface area is 147 Å². The molecule has 0 atom stereocenters. The van der Waals surface area contributed by atoms with E-state index in [0.29, 0.717) is 18.4 Å². The highest BCUT2D eigenvalue weighted by Crippen LogP contribution is 2.31.